The Balaban J connectivity index is 1.56. The lowest BCUT2D eigenvalue weighted by Gasteiger charge is -2.33. The molecule has 0 spiro atoms. The third-order valence-electron chi connectivity index (χ3n) is 4.39. The number of aromatic nitrogens is 2. The Morgan fingerprint density at radius 1 is 1.28 bits per heavy atom. The van der Waals surface area contributed by atoms with Crippen molar-refractivity contribution in [2.75, 3.05) is 5.32 Å². The van der Waals surface area contributed by atoms with Crippen LogP contribution < -0.4 is 26.9 Å². The molecule has 1 aliphatic heterocycles. The predicted molar refractivity (Wildman–Crippen MR) is 111 cm³/mol. The number of hydrogen-bond acceptors (Lipinski definition) is 8. The van der Waals surface area contributed by atoms with Crippen molar-refractivity contribution in [1.29, 1.82) is 0 Å². The maximum atomic E-state index is 11.4. The summed E-state index contributed by atoms with van der Waals surface area (Å²) in [6.07, 6.45) is 3.38. The van der Waals surface area contributed by atoms with Gasteiger partial charge in [-0.1, -0.05) is 0 Å². The van der Waals surface area contributed by atoms with Crippen LogP contribution in [0, 0.1) is 0 Å². The summed E-state index contributed by atoms with van der Waals surface area (Å²) in [5, 5.41) is 6.51. The van der Waals surface area contributed by atoms with E-state index in [-0.39, 0.29) is 6.10 Å². The van der Waals surface area contributed by atoms with Crippen molar-refractivity contribution in [2.24, 2.45) is 10.7 Å². The first kappa shape index (κ1) is 18.8. The summed E-state index contributed by atoms with van der Waals surface area (Å²) in [6, 6.07) is 8.91. The lowest BCUT2D eigenvalue weighted by Crippen LogP contribution is -2.51. The lowest BCUT2D eigenvalue weighted by atomic mass is 10.1. The molecule has 0 bridgehead atoms. The largest absolute Gasteiger partial charge is 0.475 e. The SMILES string of the molecule is CC1=C(Nc2ccc3oc(=O)[nH]c3c2)NC(N)(c2ccc(OC(C)C)nc2)N=C1. The highest BCUT2D eigenvalue weighted by atomic mass is 16.5. The minimum Gasteiger partial charge on any atom is -0.475 e. The number of pyridine rings is 1. The summed E-state index contributed by atoms with van der Waals surface area (Å²) in [4.78, 5) is 22.7. The molecule has 9 nitrogen and oxygen atoms in total. The van der Waals surface area contributed by atoms with Gasteiger partial charge in [-0.2, -0.15) is 0 Å². The van der Waals surface area contributed by atoms with Crippen LogP contribution >= 0.6 is 0 Å². The molecule has 1 atom stereocenters. The Bertz CT molecular complexity index is 1160. The predicted octanol–water partition coefficient (Wildman–Crippen LogP) is 2.39. The van der Waals surface area contributed by atoms with Crippen LogP contribution in [0.15, 0.2) is 62.1 Å². The first-order valence-electron chi connectivity index (χ1n) is 9.19. The Hall–Kier alpha value is -3.59. The number of nitrogens with one attached hydrogen (secondary N) is 3. The Kier molecular flexibility index (Phi) is 4.59. The molecular weight excluding hydrogens is 372 g/mol. The summed E-state index contributed by atoms with van der Waals surface area (Å²) in [5.41, 5.74) is 9.92. The second-order valence-electron chi connectivity index (χ2n) is 7.11. The number of anilines is 1. The Morgan fingerprint density at radius 2 is 2.10 bits per heavy atom. The number of ether oxygens (including phenoxy) is 1. The molecule has 4 rings (SSSR count). The zero-order chi connectivity index (χ0) is 20.6. The third-order valence-corrected chi connectivity index (χ3v) is 4.39. The van der Waals surface area contributed by atoms with E-state index in [0.717, 1.165) is 11.3 Å². The zero-order valence-corrected chi connectivity index (χ0v) is 16.3. The summed E-state index contributed by atoms with van der Waals surface area (Å²) in [6.45, 7) is 5.79. The number of aromatic amines is 1. The van der Waals surface area contributed by atoms with Crippen LogP contribution in [0.3, 0.4) is 0 Å². The van der Waals surface area contributed by atoms with E-state index < -0.39 is 11.5 Å². The zero-order valence-electron chi connectivity index (χ0n) is 16.3. The fraction of sp³-hybridized carbons (Fsp3) is 0.250. The van der Waals surface area contributed by atoms with Crippen LogP contribution in [0.2, 0.25) is 0 Å². The van der Waals surface area contributed by atoms with E-state index in [1.54, 1.807) is 30.6 Å². The Morgan fingerprint density at radius 3 is 2.83 bits per heavy atom. The molecule has 5 N–H and O–H groups in total. The van der Waals surface area contributed by atoms with E-state index in [1.165, 1.54) is 0 Å². The van der Waals surface area contributed by atoms with Crippen LogP contribution in [0.1, 0.15) is 26.3 Å². The van der Waals surface area contributed by atoms with Gasteiger partial charge in [-0.3, -0.25) is 10.7 Å². The first-order valence-corrected chi connectivity index (χ1v) is 9.19. The number of aliphatic imine (C=N–C) groups is 1. The topological polar surface area (TPSA) is 131 Å². The van der Waals surface area contributed by atoms with Crippen LogP contribution in [-0.4, -0.2) is 22.3 Å². The van der Waals surface area contributed by atoms with Crippen molar-refractivity contribution < 1.29 is 9.15 Å². The number of nitrogens with zero attached hydrogens (tertiary/aromatic N) is 2. The van der Waals surface area contributed by atoms with Crippen molar-refractivity contribution in [3.8, 4) is 5.88 Å². The quantitative estimate of drug-likeness (QED) is 0.522. The van der Waals surface area contributed by atoms with Gasteiger partial charge >= 0.3 is 5.76 Å². The molecule has 2 aromatic heterocycles. The van der Waals surface area contributed by atoms with Gasteiger partial charge in [0.15, 0.2) is 5.58 Å². The van der Waals surface area contributed by atoms with E-state index in [4.69, 9.17) is 14.9 Å². The highest BCUT2D eigenvalue weighted by Crippen LogP contribution is 2.25. The number of allylic oxidation sites excluding steroid dienone is 1. The summed E-state index contributed by atoms with van der Waals surface area (Å²) in [5.74, 6) is -0.456. The molecule has 3 heterocycles. The van der Waals surface area contributed by atoms with Crippen LogP contribution in [0.4, 0.5) is 5.69 Å². The van der Waals surface area contributed by atoms with Gasteiger partial charge in [0.1, 0.15) is 5.82 Å². The molecule has 1 aliphatic rings. The van der Waals surface area contributed by atoms with Gasteiger partial charge < -0.3 is 19.8 Å². The van der Waals surface area contributed by atoms with Gasteiger partial charge in [-0.25, -0.2) is 14.8 Å². The van der Waals surface area contributed by atoms with E-state index in [0.29, 0.717) is 28.4 Å². The number of oxazole rings is 1. The number of nitrogens with two attached hydrogens (primary N) is 1. The second-order valence-corrected chi connectivity index (χ2v) is 7.11. The molecule has 0 saturated carbocycles. The first-order chi connectivity index (χ1) is 13.8. The molecule has 150 valence electrons. The van der Waals surface area contributed by atoms with Gasteiger partial charge in [0.05, 0.1) is 11.6 Å². The molecule has 1 aromatic carbocycles. The number of benzene rings is 1. The summed E-state index contributed by atoms with van der Waals surface area (Å²) in [7, 11) is 0. The molecule has 0 saturated heterocycles. The molecule has 0 fully saturated rings. The summed E-state index contributed by atoms with van der Waals surface area (Å²) < 4.78 is 10.6. The fourth-order valence-electron chi connectivity index (χ4n) is 2.95. The highest BCUT2D eigenvalue weighted by Gasteiger charge is 2.30. The van der Waals surface area contributed by atoms with Crippen LogP contribution in [0.25, 0.3) is 11.1 Å². The van der Waals surface area contributed by atoms with Gasteiger partial charge in [-0.05, 0) is 45.0 Å². The van der Waals surface area contributed by atoms with Gasteiger partial charge in [-0.15, -0.1) is 0 Å². The number of hydrogen-bond donors (Lipinski definition) is 4. The van der Waals surface area contributed by atoms with E-state index in [9.17, 15) is 4.79 Å². The molecule has 3 aromatic rings. The van der Waals surface area contributed by atoms with E-state index in [2.05, 4.69) is 25.6 Å². The molecule has 0 aliphatic carbocycles. The average Bonchev–Trinajstić information content (AvgIpc) is 3.04. The van der Waals surface area contributed by atoms with Gasteiger partial charge in [0.25, 0.3) is 0 Å². The molecule has 29 heavy (non-hydrogen) atoms. The second kappa shape index (κ2) is 7.10. The average molecular weight is 394 g/mol. The molecule has 9 heteroatoms. The minimum absolute atomic E-state index is 0.0369. The number of rotatable bonds is 5. The molecule has 0 radical (unpaired) electrons. The number of fused-ring (bicyclic) bond motifs is 1. The lowest BCUT2D eigenvalue weighted by molar-refractivity contribution is 0.232. The standard InChI is InChI=1S/C20H22N6O3/c1-11(2)28-17-7-4-13(10-22-17)20(21)23-9-12(3)18(26-20)24-14-5-6-16-15(8-14)25-19(27)29-16/h4-11,24,26H,21H2,1-3H3,(H,25,27). The molecule has 1 unspecified atom stereocenters. The maximum absolute atomic E-state index is 11.4. The van der Waals surface area contributed by atoms with Gasteiger partial charge in [0.2, 0.25) is 11.7 Å². The normalized spacial score (nSPS) is 18.9. The van der Waals surface area contributed by atoms with Crippen molar-refractivity contribution in [3.05, 3.63) is 64.0 Å². The monoisotopic (exact) mass is 394 g/mol. The molecular formula is C20H22N6O3. The van der Waals surface area contributed by atoms with E-state index >= 15 is 0 Å². The van der Waals surface area contributed by atoms with Gasteiger partial charge in [0, 0.05) is 35.3 Å². The molecule has 0 amide bonds. The van der Waals surface area contributed by atoms with Crippen molar-refractivity contribution in [1.82, 2.24) is 15.3 Å². The minimum atomic E-state index is -1.18. The Labute approximate surface area is 166 Å². The van der Waals surface area contributed by atoms with Crippen molar-refractivity contribution >= 4 is 23.0 Å². The van der Waals surface area contributed by atoms with Crippen LogP contribution in [0.5, 0.6) is 5.88 Å². The van der Waals surface area contributed by atoms with Crippen molar-refractivity contribution in [3.63, 3.8) is 0 Å². The smallest absolute Gasteiger partial charge is 0.417 e. The fourth-order valence-corrected chi connectivity index (χ4v) is 2.95. The maximum Gasteiger partial charge on any atom is 0.417 e. The third kappa shape index (κ3) is 3.85. The van der Waals surface area contributed by atoms with Crippen molar-refractivity contribution in [2.45, 2.75) is 32.7 Å². The number of H-pyrrole nitrogens is 1. The summed E-state index contributed by atoms with van der Waals surface area (Å²) >= 11 is 0. The van der Waals surface area contributed by atoms with Crippen LogP contribution in [-0.2, 0) is 5.79 Å². The van der Waals surface area contributed by atoms with E-state index in [1.807, 2.05) is 32.9 Å². The highest BCUT2D eigenvalue weighted by molar-refractivity contribution is 5.82.